The van der Waals surface area contributed by atoms with Crippen LogP contribution >= 0.6 is 31.9 Å². The van der Waals surface area contributed by atoms with Gasteiger partial charge in [-0.3, -0.25) is 24.1 Å². The van der Waals surface area contributed by atoms with Gasteiger partial charge in [0.1, 0.15) is 6.54 Å². The molecule has 0 aromatic heterocycles. The second kappa shape index (κ2) is 8.44. The van der Waals surface area contributed by atoms with Gasteiger partial charge in [0.15, 0.2) is 6.61 Å². The molecule has 3 aliphatic rings. The molecule has 1 N–H and O–H groups in total. The molecular weight excluding hydrogens is 565 g/mol. The van der Waals surface area contributed by atoms with E-state index >= 15 is 0 Å². The Morgan fingerprint density at radius 2 is 1.69 bits per heavy atom. The van der Waals surface area contributed by atoms with Gasteiger partial charge in [0.2, 0.25) is 11.8 Å². The lowest BCUT2D eigenvalue weighted by Gasteiger charge is -2.28. The molecule has 7 nitrogen and oxygen atoms in total. The Morgan fingerprint density at radius 3 is 2.25 bits per heavy atom. The van der Waals surface area contributed by atoms with Gasteiger partial charge in [0, 0.05) is 15.3 Å². The number of nitrogens with zero attached hydrogens (tertiary/aromatic N) is 1. The molecule has 172 valence electrons. The molecule has 1 heterocycles. The van der Waals surface area contributed by atoms with E-state index < -0.39 is 60.4 Å². The molecule has 32 heavy (non-hydrogen) atoms. The molecule has 1 saturated heterocycles. The number of nitrogens with one attached hydrogen (secondary N) is 1. The van der Waals surface area contributed by atoms with Gasteiger partial charge < -0.3 is 10.1 Å². The van der Waals surface area contributed by atoms with E-state index in [2.05, 4.69) is 37.2 Å². The van der Waals surface area contributed by atoms with Crippen molar-refractivity contribution in [1.82, 2.24) is 4.90 Å². The largest absolute Gasteiger partial charge is 0.454 e. The Hall–Kier alpha value is -1.95. The number of hydrogen-bond donors (Lipinski definition) is 1. The highest BCUT2D eigenvalue weighted by molar-refractivity contribution is 9.12. The first-order chi connectivity index (χ1) is 15.0. The Morgan fingerprint density at radius 1 is 1.09 bits per heavy atom. The molecule has 1 aliphatic heterocycles. The van der Waals surface area contributed by atoms with Crippen LogP contribution in [-0.4, -0.2) is 51.4 Å². The van der Waals surface area contributed by atoms with Crippen LogP contribution in [0.25, 0.3) is 0 Å². The van der Waals surface area contributed by atoms with Gasteiger partial charge in [-0.1, -0.05) is 37.9 Å². The SMILES string of the molecule is O=C(COC(=O)CN1C(=O)[C@@H]2[C@H]3C[C@@H]([C@H](Br)[C@H]3Br)[C@@H]2C1=O)Nc1cccc(C(F)(F)F)c1. The average Bonchev–Trinajstić information content (AvgIpc) is 3.33. The lowest BCUT2D eigenvalue weighted by atomic mass is 9.81. The van der Waals surface area contributed by atoms with E-state index in [9.17, 15) is 32.3 Å². The highest BCUT2D eigenvalue weighted by Gasteiger charge is 2.66. The molecule has 2 aliphatic carbocycles. The topological polar surface area (TPSA) is 92.8 Å². The van der Waals surface area contributed by atoms with Crippen molar-refractivity contribution >= 4 is 61.2 Å². The summed E-state index contributed by atoms with van der Waals surface area (Å²) in [6, 6.07) is 4.01. The predicted molar refractivity (Wildman–Crippen MR) is 112 cm³/mol. The van der Waals surface area contributed by atoms with E-state index in [1.807, 2.05) is 0 Å². The molecular formula is C20H17Br2F3N2O5. The maximum atomic E-state index is 12.8. The van der Waals surface area contributed by atoms with E-state index in [-0.39, 0.29) is 27.2 Å². The quantitative estimate of drug-likeness (QED) is 0.328. The van der Waals surface area contributed by atoms with Crippen molar-refractivity contribution in [3.63, 3.8) is 0 Å². The van der Waals surface area contributed by atoms with E-state index in [0.29, 0.717) is 0 Å². The van der Waals surface area contributed by atoms with E-state index in [1.54, 1.807) is 0 Å². The third kappa shape index (κ3) is 4.07. The summed E-state index contributed by atoms with van der Waals surface area (Å²) in [5.41, 5.74) is -1.04. The Balaban J connectivity index is 1.31. The minimum Gasteiger partial charge on any atom is -0.454 e. The fraction of sp³-hybridized carbons (Fsp3) is 0.500. The van der Waals surface area contributed by atoms with Crippen LogP contribution in [0.15, 0.2) is 24.3 Å². The lowest BCUT2D eigenvalue weighted by Crippen LogP contribution is -2.38. The molecule has 0 spiro atoms. The van der Waals surface area contributed by atoms with Crippen LogP contribution in [0, 0.1) is 23.7 Å². The van der Waals surface area contributed by atoms with Crippen LogP contribution in [0.5, 0.6) is 0 Å². The maximum Gasteiger partial charge on any atom is 0.416 e. The number of amides is 3. The normalized spacial score (nSPS) is 31.1. The van der Waals surface area contributed by atoms with Crippen molar-refractivity contribution in [3.8, 4) is 0 Å². The number of fused-ring (bicyclic) bond motifs is 5. The smallest absolute Gasteiger partial charge is 0.416 e. The number of imide groups is 1. The molecule has 1 aromatic carbocycles. The third-order valence-corrected chi connectivity index (χ3v) is 9.41. The van der Waals surface area contributed by atoms with Gasteiger partial charge >= 0.3 is 12.1 Å². The molecule has 6 atom stereocenters. The zero-order valence-corrected chi connectivity index (χ0v) is 19.4. The Labute approximate surface area is 197 Å². The summed E-state index contributed by atoms with van der Waals surface area (Å²) < 4.78 is 43.1. The molecule has 3 fully saturated rings. The predicted octanol–water partition coefficient (Wildman–Crippen LogP) is 2.97. The molecule has 1 aromatic rings. The molecule has 2 bridgehead atoms. The van der Waals surface area contributed by atoms with Crippen LogP contribution in [0.4, 0.5) is 18.9 Å². The summed E-state index contributed by atoms with van der Waals surface area (Å²) >= 11 is 7.14. The summed E-state index contributed by atoms with van der Waals surface area (Å²) in [5, 5.41) is 2.21. The van der Waals surface area contributed by atoms with Crippen LogP contribution in [0.1, 0.15) is 12.0 Å². The fourth-order valence-corrected chi connectivity index (χ4v) is 6.73. The average molecular weight is 582 g/mol. The number of rotatable bonds is 5. The summed E-state index contributed by atoms with van der Waals surface area (Å²) in [6.07, 6.45) is -3.81. The van der Waals surface area contributed by atoms with E-state index in [1.165, 1.54) is 6.07 Å². The van der Waals surface area contributed by atoms with E-state index in [0.717, 1.165) is 29.5 Å². The highest BCUT2D eigenvalue weighted by atomic mass is 79.9. The van der Waals surface area contributed by atoms with Crippen LogP contribution in [0.2, 0.25) is 0 Å². The minimum absolute atomic E-state index is 0.00471. The standard InChI is InChI=1S/C20H17Br2F3N2O5/c21-16-10-5-11(17(16)22)15-14(10)18(30)27(19(15)31)6-13(29)32-7-12(28)26-9-3-1-2-8(4-9)20(23,24)25/h1-4,10-11,14-17H,5-7H2,(H,26,28)/t10-,11-,14-,15+,16+,17+/m1/s1. The van der Waals surface area contributed by atoms with Crippen LogP contribution < -0.4 is 5.32 Å². The number of carbonyl (C=O) groups excluding carboxylic acids is 4. The first-order valence-corrected chi connectivity index (χ1v) is 11.6. The lowest BCUT2D eigenvalue weighted by molar-refractivity contribution is -0.154. The molecule has 12 heteroatoms. The van der Waals surface area contributed by atoms with Crippen molar-refractivity contribution in [2.75, 3.05) is 18.5 Å². The third-order valence-electron chi connectivity index (χ3n) is 6.20. The van der Waals surface area contributed by atoms with Gasteiger partial charge in [-0.05, 0) is 36.5 Å². The van der Waals surface area contributed by atoms with E-state index in [4.69, 9.17) is 4.74 Å². The number of hydrogen-bond acceptors (Lipinski definition) is 5. The zero-order chi connectivity index (χ0) is 23.4. The molecule has 0 unspecified atom stereocenters. The van der Waals surface area contributed by atoms with Gasteiger partial charge in [-0.2, -0.15) is 13.2 Å². The second-order valence-electron chi connectivity index (χ2n) is 8.05. The summed E-state index contributed by atoms with van der Waals surface area (Å²) in [5.74, 6) is -3.57. The van der Waals surface area contributed by atoms with Gasteiger partial charge in [-0.25, -0.2) is 0 Å². The Bertz CT molecular complexity index is 956. The maximum absolute atomic E-state index is 12.8. The fourth-order valence-electron chi connectivity index (χ4n) is 4.86. The summed E-state index contributed by atoms with van der Waals surface area (Å²) in [6.45, 7) is -1.38. The van der Waals surface area contributed by atoms with Gasteiger partial charge in [0.25, 0.3) is 5.91 Å². The number of ether oxygens (including phenoxy) is 1. The highest BCUT2D eigenvalue weighted by Crippen LogP contribution is 2.60. The van der Waals surface area contributed by atoms with Crippen molar-refractivity contribution in [3.05, 3.63) is 29.8 Å². The van der Waals surface area contributed by atoms with Crippen LogP contribution in [0.3, 0.4) is 0 Å². The number of esters is 1. The number of alkyl halides is 5. The van der Waals surface area contributed by atoms with Crippen molar-refractivity contribution in [2.45, 2.75) is 22.3 Å². The minimum atomic E-state index is -4.57. The van der Waals surface area contributed by atoms with Gasteiger partial charge in [-0.15, -0.1) is 0 Å². The number of carbonyl (C=O) groups is 4. The number of halogens is 5. The van der Waals surface area contributed by atoms with Crippen molar-refractivity contribution in [1.29, 1.82) is 0 Å². The van der Waals surface area contributed by atoms with Crippen LogP contribution in [-0.2, 0) is 30.1 Å². The first kappa shape index (κ1) is 23.2. The summed E-state index contributed by atoms with van der Waals surface area (Å²) in [7, 11) is 0. The van der Waals surface area contributed by atoms with Crippen molar-refractivity contribution < 1.29 is 37.1 Å². The molecule has 2 saturated carbocycles. The first-order valence-electron chi connectivity index (χ1n) is 9.75. The Kier molecular flexibility index (Phi) is 6.12. The number of anilines is 1. The number of likely N-dealkylation sites (tertiary alicyclic amines) is 1. The van der Waals surface area contributed by atoms with Crippen molar-refractivity contribution in [2.24, 2.45) is 23.7 Å². The molecule has 4 rings (SSSR count). The second-order valence-corrected chi connectivity index (χ2v) is 10.2. The number of benzene rings is 1. The molecule has 3 amide bonds. The summed E-state index contributed by atoms with van der Waals surface area (Å²) in [4.78, 5) is 50.6. The zero-order valence-electron chi connectivity index (χ0n) is 16.3. The molecule has 0 radical (unpaired) electrons. The monoisotopic (exact) mass is 580 g/mol. The van der Waals surface area contributed by atoms with Gasteiger partial charge in [0.05, 0.1) is 17.4 Å².